The first kappa shape index (κ1) is 9.96. The molecule has 1 fully saturated rings. The van der Waals surface area contributed by atoms with Crippen molar-refractivity contribution >= 4 is 0 Å². The summed E-state index contributed by atoms with van der Waals surface area (Å²) in [4.78, 5) is 0. The normalized spacial score (nSPS) is 31.0. The molecule has 0 bridgehead atoms. The molecule has 2 N–H and O–H groups in total. The van der Waals surface area contributed by atoms with Gasteiger partial charge in [0.2, 0.25) is 0 Å². The summed E-state index contributed by atoms with van der Waals surface area (Å²) in [7, 11) is 4.00. The van der Waals surface area contributed by atoms with Gasteiger partial charge in [0, 0.05) is 20.6 Å². The molecule has 0 amide bonds. The summed E-state index contributed by atoms with van der Waals surface area (Å²) in [5.41, 5.74) is 3.26. The molecule has 0 aliphatic heterocycles. The zero-order valence-electron chi connectivity index (χ0n) is 8.08. The van der Waals surface area contributed by atoms with E-state index in [9.17, 15) is 5.11 Å². The molecule has 3 nitrogen and oxygen atoms in total. The smallest absolute Gasteiger partial charge is 0.0543 e. The summed E-state index contributed by atoms with van der Waals surface area (Å²) in [6, 6.07) is 0. The van der Waals surface area contributed by atoms with Gasteiger partial charge < -0.3 is 5.11 Å². The van der Waals surface area contributed by atoms with Crippen LogP contribution in [0.5, 0.6) is 0 Å². The first-order chi connectivity index (χ1) is 5.68. The molecule has 1 aliphatic carbocycles. The van der Waals surface area contributed by atoms with Crippen molar-refractivity contribution in [1.82, 2.24) is 10.4 Å². The van der Waals surface area contributed by atoms with Crippen molar-refractivity contribution in [2.24, 2.45) is 5.92 Å². The number of hydrogen-bond donors (Lipinski definition) is 2. The Morgan fingerprint density at radius 1 is 1.42 bits per heavy atom. The van der Waals surface area contributed by atoms with Gasteiger partial charge in [-0.3, -0.25) is 10.4 Å². The predicted octanol–water partition coefficient (Wildman–Crippen LogP) is 0.604. The fourth-order valence-electron chi connectivity index (χ4n) is 1.76. The monoisotopic (exact) mass is 172 g/mol. The Labute approximate surface area is 74.7 Å². The van der Waals surface area contributed by atoms with Gasteiger partial charge >= 0.3 is 0 Å². The summed E-state index contributed by atoms with van der Waals surface area (Å²) in [5, 5.41) is 11.4. The summed E-state index contributed by atoms with van der Waals surface area (Å²) >= 11 is 0. The number of hydrogen-bond acceptors (Lipinski definition) is 3. The van der Waals surface area contributed by atoms with Crippen LogP contribution in [0.2, 0.25) is 0 Å². The SMILES string of the molecule is CN(C)NCC1CCCC(O)C1. The van der Waals surface area contributed by atoms with E-state index in [2.05, 4.69) is 5.43 Å². The highest BCUT2D eigenvalue weighted by atomic mass is 16.3. The minimum absolute atomic E-state index is 0.0484. The summed E-state index contributed by atoms with van der Waals surface area (Å²) in [5.74, 6) is 0.663. The Hall–Kier alpha value is -0.120. The first-order valence-corrected chi connectivity index (χ1v) is 4.77. The van der Waals surface area contributed by atoms with Gasteiger partial charge in [0.25, 0.3) is 0 Å². The average Bonchev–Trinajstić information content (AvgIpc) is 2.01. The largest absolute Gasteiger partial charge is 0.393 e. The van der Waals surface area contributed by atoms with Gasteiger partial charge in [-0.1, -0.05) is 6.42 Å². The molecule has 0 radical (unpaired) electrons. The lowest BCUT2D eigenvalue weighted by atomic mass is 9.87. The highest BCUT2D eigenvalue weighted by Crippen LogP contribution is 2.23. The van der Waals surface area contributed by atoms with E-state index in [1.165, 1.54) is 12.8 Å². The van der Waals surface area contributed by atoms with Gasteiger partial charge in [-0.25, -0.2) is 0 Å². The molecule has 12 heavy (non-hydrogen) atoms. The van der Waals surface area contributed by atoms with Crippen molar-refractivity contribution in [3.63, 3.8) is 0 Å². The third-order valence-corrected chi connectivity index (χ3v) is 2.45. The fourth-order valence-corrected chi connectivity index (χ4v) is 1.76. The standard InChI is InChI=1S/C9H20N2O/c1-11(2)10-7-8-4-3-5-9(12)6-8/h8-10,12H,3-7H2,1-2H3. The molecule has 0 heterocycles. The molecule has 0 aromatic rings. The zero-order chi connectivity index (χ0) is 8.97. The van der Waals surface area contributed by atoms with Gasteiger partial charge in [0.1, 0.15) is 0 Å². The molecule has 1 rings (SSSR count). The quantitative estimate of drug-likeness (QED) is 0.612. The second kappa shape index (κ2) is 4.80. The third-order valence-electron chi connectivity index (χ3n) is 2.45. The van der Waals surface area contributed by atoms with Crippen LogP contribution in [-0.2, 0) is 0 Å². The molecule has 2 atom stereocenters. The second-order valence-electron chi connectivity index (χ2n) is 3.94. The average molecular weight is 172 g/mol. The van der Waals surface area contributed by atoms with Crippen LogP contribution >= 0.6 is 0 Å². The van der Waals surface area contributed by atoms with E-state index >= 15 is 0 Å². The van der Waals surface area contributed by atoms with E-state index in [0.717, 1.165) is 19.4 Å². The molecular weight excluding hydrogens is 152 g/mol. The van der Waals surface area contributed by atoms with E-state index in [-0.39, 0.29) is 6.10 Å². The summed E-state index contributed by atoms with van der Waals surface area (Å²) < 4.78 is 0. The van der Waals surface area contributed by atoms with Crippen molar-refractivity contribution < 1.29 is 5.11 Å². The van der Waals surface area contributed by atoms with Crippen LogP contribution in [0.3, 0.4) is 0 Å². The van der Waals surface area contributed by atoms with Crippen LogP contribution in [0.15, 0.2) is 0 Å². The fraction of sp³-hybridized carbons (Fsp3) is 1.00. The molecule has 72 valence electrons. The van der Waals surface area contributed by atoms with E-state index < -0.39 is 0 Å². The Bertz CT molecular complexity index is 128. The number of nitrogens with zero attached hydrogens (tertiary/aromatic N) is 1. The topological polar surface area (TPSA) is 35.5 Å². The Morgan fingerprint density at radius 2 is 2.17 bits per heavy atom. The number of rotatable bonds is 3. The highest BCUT2D eigenvalue weighted by molar-refractivity contribution is 4.72. The lowest BCUT2D eigenvalue weighted by Gasteiger charge is -2.27. The van der Waals surface area contributed by atoms with Crippen molar-refractivity contribution in [3.8, 4) is 0 Å². The van der Waals surface area contributed by atoms with E-state index in [0.29, 0.717) is 5.92 Å². The van der Waals surface area contributed by atoms with Crippen LogP contribution in [0, 0.1) is 5.92 Å². The molecule has 3 heteroatoms. The van der Waals surface area contributed by atoms with Crippen molar-refractivity contribution in [2.45, 2.75) is 31.8 Å². The summed E-state index contributed by atoms with van der Waals surface area (Å²) in [6.45, 7) is 1.00. The Kier molecular flexibility index (Phi) is 3.98. The summed E-state index contributed by atoms with van der Waals surface area (Å²) in [6.07, 6.45) is 4.37. The molecule has 1 saturated carbocycles. The Morgan fingerprint density at radius 3 is 2.75 bits per heavy atom. The van der Waals surface area contributed by atoms with E-state index in [1.54, 1.807) is 0 Å². The van der Waals surface area contributed by atoms with Gasteiger partial charge in [0.05, 0.1) is 6.10 Å². The van der Waals surface area contributed by atoms with Gasteiger partial charge in [-0.2, -0.15) is 0 Å². The van der Waals surface area contributed by atoms with Gasteiger partial charge in [0.15, 0.2) is 0 Å². The number of aliphatic hydroxyl groups excluding tert-OH is 1. The number of aliphatic hydroxyl groups is 1. The van der Waals surface area contributed by atoms with Crippen molar-refractivity contribution in [1.29, 1.82) is 0 Å². The molecule has 0 aromatic carbocycles. The van der Waals surface area contributed by atoms with Crippen LogP contribution in [-0.4, -0.2) is 36.9 Å². The highest BCUT2D eigenvalue weighted by Gasteiger charge is 2.19. The van der Waals surface area contributed by atoms with E-state index in [1.807, 2.05) is 19.1 Å². The van der Waals surface area contributed by atoms with Crippen molar-refractivity contribution in [2.75, 3.05) is 20.6 Å². The second-order valence-corrected chi connectivity index (χ2v) is 3.94. The molecule has 2 unspecified atom stereocenters. The minimum atomic E-state index is -0.0484. The minimum Gasteiger partial charge on any atom is -0.393 e. The van der Waals surface area contributed by atoms with Crippen LogP contribution in [0.1, 0.15) is 25.7 Å². The molecule has 0 aromatic heterocycles. The van der Waals surface area contributed by atoms with Crippen LogP contribution in [0.4, 0.5) is 0 Å². The molecule has 1 aliphatic rings. The van der Waals surface area contributed by atoms with E-state index in [4.69, 9.17) is 0 Å². The molecule has 0 saturated heterocycles. The number of nitrogens with one attached hydrogen (secondary N) is 1. The van der Waals surface area contributed by atoms with Crippen molar-refractivity contribution in [3.05, 3.63) is 0 Å². The predicted molar refractivity (Wildman–Crippen MR) is 49.7 cm³/mol. The number of hydrazine groups is 1. The zero-order valence-corrected chi connectivity index (χ0v) is 8.08. The Balaban J connectivity index is 2.14. The maximum absolute atomic E-state index is 9.40. The lowest BCUT2D eigenvalue weighted by Crippen LogP contribution is -2.36. The molecule has 0 spiro atoms. The van der Waals surface area contributed by atoms with Gasteiger partial charge in [-0.05, 0) is 25.2 Å². The van der Waals surface area contributed by atoms with Crippen LogP contribution < -0.4 is 5.43 Å². The third kappa shape index (κ3) is 3.52. The van der Waals surface area contributed by atoms with Gasteiger partial charge in [-0.15, -0.1) is 0 Å². The molecular formula is C9H20N2O. The first-order valence-electron chi connectivity index (χ1n) is 4.77. The maximum Gasteiger partial charge on any atom is 0.0543 e. The lowest BCUT2D eigenvalue weighted by molar-refractivity contribution is 0.0935. The maximum atomic E-state index is 9.40. The van der Waals surface area contributed by atoms with Crippen LogP contribution in [0.25, 0.3) is 0 Å².